The van der Waals surface area contributed by atoms with E-state index in [1.165, 1.54) is 71.7 Å². The van der Waals surface area contributed by atoms with Gasteiger partial charge >= 0.3 is 0 Å². The summed E-state index contributed by atoms with van der Waals surface area (Å²) in [4.78, 5) is 0. The molecule has 3 N–H and O–H groups in total. The molecule has 0 aliphatic heterocycles. The van der Waals surface area contributed by atoms with E-state index in [9.17, 15) is 0 Å². The van der Waals surface area contributed by atoms with Crippen LogP contribution < -0.4 is 11.1 Å². The largest absolute Gasteiger partial charge is 0.344 e. The lowest BCUT2D eigenvalue weighted by Crippen LogP contribution is -2.19. The van der Waals surface area contributed by atoms with Crippen LogP contribution in [0.25, 0.3) is 22.0 Å². The van der Waals surface area contributed by atoms with Crippen LogP contribution >= 0.6 is 24.8 Å². The Kier molecular flexibility index (Phi) is 11.1. The molecule has 0 atom stereocenters. The topological polar surface area (TPSA) is 43.0 Å². The number of fused-ring (bicyclic) bond motifs is 1. The zero-order valence-corrected chi connectivity index (χ0v) is 20.9. The third-order valence-corrected chi connectivity index (χ3v) is 6.70. The zero-order chi connectivity index (χ0) is 20.8. The summed E-state index contributed by atoms with van der Waals surface area (Å²) in [7, 11) is 0. The quantitative estimate of drug-likeness (QED) is 0.332. The fraction of sp³-hybridized carbons (Fsp3) is 0.481. The first-order chi connectivity index (χ1) is 14.8. The van der Waals surface area contributed by atoms with E-state index in [-0.39, 0.29) is 24.8 Å². The Balaban J connectivity index is 0.00000181. The van der Waals surface area contributed by atoms with Crippen LogP contribution in [0, 0.1) is 6.92 Å². The highest BCUT2D eigenvalue weighted by atomic mass is 35.5. The van der Waals surface area contributed by atoms with E-state index < -0.39 is 0 Å². The van der Waals surface area contributed by atoms with E-state index >= 15 is 0 Å². The van der Waals surface area contributed by atoms with E-state index in [0.29, 0.717) is 6.04 Å². The van der Waals surface area contributed by atoms with Crippen molar-refractivity contribution in [2.75, 3.05) is 19.6 Å². The molecule has 32 heavy (non-hydrogen) atoms. The maximum absolute atomic E-state index is 5.60. The zero-order valence-electron chi connectivity index (χ0n) is 19.3. The number of hydrogen-bond donors (Lipinski definition) is 2. The van der Waals surface area contributed by atoms with Gasteiger partial charge in [-0.15, -0.1) is 24.8 Å². The first-order valence-corrected chi connectivity index (χ1v) is 11.9. The molecule has 0 radical (unpaired) electrons. The Labute approximate surface area is 206 Å². The number of nitrogens with zero attached hydrogens (tertiary/aromatic N) is 1. The van der Waals surface area contributed by atoms with Crippen molar-refractivity contribution in [2.24, 2.45) is 5.73 Å². The summed E-state index contributed by atoms with van der Waals surface area (Å²) < 4.78 is 2.60. The predicted molar refractivity (Wildman–Crippen MR) is 144 cm³/mol. The van der Waals surface area contributed by atoms with Crippen LogP contribution in [0.15, 0.2) is 48.7 Å². The van der Waals surface area contributed by atoms with Crippen LogP contribution in [0.3, 0.4) is 0 Å². The van der Waals surface area contributed by atoms with Gasteiger partial charge in [0.2, 0.25) is 0 Å². The van der Waals surface area contributed by atoms with Gasteiger partial charge in [-0.1, -0.05) is 49.6 Å². The molecule has 4 rings (SSSR count). The summed E-state index contributed by atoms with van der Waals surface area (Å²) in [6.07, 6.45) is 12.6. The second kappa shape index (κ2) is 13.3. The molecule has 176 valence electrons. The lowest BCUT2D eigenvalue weighted by molar-refractivity contribution is 0.360. The third kappa shape index (κ3) is 6.29. The fourth-order valence-electron chi connectivity index (χ4n) is 5.01. The van der Waals surface area contributed by atoms with Crippen molar-refractivity contribution in [2.45, 2.75) is 64.3 Å². The summed E-state index contributed by atoms with van der Waals surface area (Å²) in [6.45, 7) is 5.07. The summed E-state index contributed by atoms with van der Waals surface area (Å²) in [5.41, 5.74) is 12.6. The minimum absolute atomic E-state index is 0. The van der Waals surface area contributed by atoms with Gasteiger partial charge in [0, 0.05) is 23.1 Å². The van der Waals surface area contributed by atoms with E-state index in [0.717, 1.165) is 32.5 Å². The van der Waals surface area contributed by atoms with Crippen molar-refractivity contribution in [3.8, 4) is 11.1 Å². The van der Waals surface area contributed by atoms with Crippen LogP contribution in [0.1, 0.15) is 62.1 Å². The average molecular weight is 477 g/mol. The van der Waals surface area contributed by atoms with Crippen LogP contribution in [-0.4, -0.2) is 24.2 Å². The molecule has 1 aliphatic rings. The minimum Gasteiger partial charge on any atom is -0.344 e. The summed E-state index contributed by atoms with van der Waals surface area (Å²) in [5, 5.41) is 4.98. The van der Waals surface area contributed by atoms with Crippen molar-refractivity contribution in [3.63, 3.8) is 0 Å². The predicted octanol–water partition coefficient (Wildman–Crippen LogP) is 6.84. The number of nitrogens with two attached hydrogens (primary N) is 1. The van der Waals surface area contributed by atoms with Crippen molar-refractivity contribution in [1.82, 2.24) is 9.88 Å². The number of nitrogens with one attached hydrogen (secondary N) is 1. The molecule has 2 aromatic carbocycles. The van der Waals surface area contributed by atoms with Gasteiger partial charge in [-0.25, -0.2) is 0 Å². The molecule has 0 bridgehead atoms. The number of aromatic nitrogens is 1. The normalized spacial score (nSPS) is 14.2. The lowest BCUT2D eigenvalue weighted by atomic mass is 9.95. The van der Waals surface area contributed by atoms with Crippen LogP contribution in [-0.2, 0) is 6.42 Å². The molecule has 1 aliphatic carbocycles. The smallest absolute Gasteiger partial charge is 0.0486 e. The van der Waals surface area contributed by atoms with Gasteiger partial charge in [0.15, 0.2) is 0 Å². The van der Waals surface area contributed by atoms with Crippen LogP contribution in [0.4, 0.5) is 0 Å². The minimum atomic E-state index is 0. The number of benzene rings is 2. The van der Waals surface area contributed by atoms with Gasteiger partial charge in [0.25, 0.3) is 0 Å². The molecular formula is C27H39Cl2N3. The van der Waals surface area contributed by atoms with Gasteiger partial charge in [-0.3, -0.25) is 0 Å². The molecule has 0 amide bonds. The van der Waals surface area contributed by atoms with Gasteiger partial charge in [0.05, 0.1) is 0 Å². The highest BCUT2D eigenvalue weighted by Gasteiger charge is 2.19. The maximum Gasteiger partial charge on any atom is 0.0486 e. The van der Waals surface area contributed by atoms with E-state index in [2.05, 4.69) is 65.5 Å². The number of aryl methyl sites for hydroxylation is 2. The second-order valence-corrected chi connectivity index (χ2v) is 8.90. The average Bonchev–Trinajstić information content (AvgIpc) is 3.15. The Bertz CT molecular complexity index is 961. The molecule has 0 unspecified atom stereocenters. The first kappa shape index (κ1) is 26.7. The fourth-order valence-corrected chi connectivity index (χ4v) is 5.01. The monoisotopic (exact) mass is 475 g/mol. The number of halogens is 2. The van der Waals surface area contributed by atoms with E-state index in [1.54, 1.807) is 0 Å². The molecule has 3 nitrogen and oxygen atoms in total. The van der Waals surface area contributed by atoms with Crippen molar-refractivity contribution < 1.29 is 0 Å². The molecule has 0 spiro atoms. The van der Waals surface area contributed by atoms with Crippen LogP contribution in [0.2, 0.25) is 0 Å². The molecule has 1 fully saturated rings. The second-order valence-electron chi connectivity index (χ2n) is 8.90. The Hall–Kier alpha value is -1.52. The standard InChI is InChI=1S/C27H37N3.2ClH/c1-21-9-5-6-13-25(21)22-14-15-27-26(19-22)23(10-7-17-29-18-8-16-28)20-30(27)24-11-3-2-4-12-24;;/h5-6,9,13-15,19-20,24,29H,2-4,7-8,10-12,16-18,28H2,1H3;2*1H. The SMILES string of the molecule is Cc1ccccc1-c1ccc2c(c1)c(CCCNCCCN)cn2C1CCCCC1.Cl.Cl. The van der Waals surface area contributed by atoms with Gasteiger partial charge < -0.3 is 15.6 Å². The van der Waals surface area contributed by atoms with Crippen LogP contribution in [0.5, 0.6) is 0 Å². The molecular weight excluding hydrogens is 437 g/mol. The maximum atomic E-state index is 5.60. The van der Waals surface area contributed by atoms with E-state index in [1.807, 2.05) is 0 Å². The highest BCUT2D eigenvalue weighted by Crippen LogP contribution is 2.36. The molecule has 3 aromatic rings. The molecule has 1 aromatic heterocycles. The van der Waals surface area contributed by atoms with Crippen molar-refractivity contribution in [3.05, 3.63) is 59.8 Å². The lowest BCUT2D eigenvalue weighted by Gasteiger charge is -2.24. The molecule has 1 heterocycles. The highest BCUT2D eigenvalue weighted by molar-refractivity contribution is 5.89. The first-order valence-electron chi connectivity index (χ1n) is 11.9. The van der Waals surface area contributed by atoms with E-state index in [4.69, 9.17) is 5.73 Å². The number of rotatable bonds is 9. The molecule has 5 heteroatoms. The third-order valence-electron chi connectivity index (χ3n) is 6.70. The van der Waals surface area contributed by atoms with Gasteiger partial charge in [-0.05, 0) is 93.0 Å². The summed E-state index contributed by atoms with van der Waals surface area (Å²) >= 11 is 0. The number of hydrogen-bond acceptors (Lipinski definition) is 2. The summed E-state index contributed by atoms with van der Waals surface area (Å²) in [5.74, 6) is 0. The molecule has 0 saturated heterocycles. The Morgan fingerprint density at radius 2 is 1.72 bits per heavy atom. The van der Waals surface area contributed by atoms with Gasteiger partial charge in [0.1, 0.15) is 0 Å². The van der Waals surface area contributed by atoms with Gasteiger partial charge in [-0.2, -0.15) is 0 Å². The van der Waals surface area contributed by atoms with Crippen molar-refractivity contribution in [1.29, 1.82) is 0 Å². The summed E-state index contributed by atoms with van der Waals surface area (Å²) in [6, 6.07) is 16.5. The Morgan fingerprint density at radius 3 is 2.47 bits per heavy atom. The van der Waals surface area contributed by atoms with Crippen molar-refractivity contribution >= 4 is 35.7 Å². The Morgan fingerprint density at radius 1 is 0.969 bits per heavy atom. The molecule has 1 saturated carbocycles.